The molecule has 4 nitrogen and oxygen atoms in total. The second-order valence-electron chi connectivity index (χ2n) is 4.01. The standard InChI is InChI=1S/C12H9Br2ClN2O2S/c1-7-4-9(6-16-12(7)15)17-20(18,19)11-5-8(13)2-3-10(11)14/h2-6,17H,1H3. The monoisotopic (exact) mass is 438 g/mol. The molecule has 0 amide bonds. The van der Waals surface area contributed by atoms with Crippen molar-refractivity contribution in [3.05, 3.63) is 50.1 Å². The fraction of sp³-hybridized carbons (Fsp3) is 0.0833. The predicted octanol–water partition coefficient (Wildman–Crippen LogP) is 4.37. The van der Waals surface area contributed by atoms with Crippen LogP contribution in [0.4, 0.5) is 5.69 Å². The molecule has 0 spiro atoms. The van der Waals surface area contributed by atoms with E-state index < -0.39 is 10.0 Å². The molecule has 0 atom stereocenters. The third-order valence-corrected chi connectivity index (χ3v) is 5.71. The smallest absolute Gasteiger partial charge is 0.263 e. The first kappa shape index (κ1) is 15.8. The van der Waals surface area contributed by atoms with Gasteiger partial charge in [0.15, 0.2) is 0 Å². The minimum atomic E-state index is -3.71. The molecule has 1 aromatic heterocycles. The van der Waals surface area contributed by atoms with E-state index in [1.165, 1.54) is 12.3 Å². The number of rotatable bonds is 3. The number of aromatic nitrogens is 1. The van der Waals surface area contributed by atoms with Crippen LogP contribution in [0.3, 0.4) is 0 Å². The second-order valence-corrected chi connectivity index (χ2v) is 7.79. The summed E-state index contributed by atoms with van der Waals surface area (Å²) in [6.07, 6.45) is 1.37. The Balaban J connectivity index is 2.40. The number of anilines is 1. The van der Waals surface area contributed by atoms with Gasteiger partial charge in [0.2, 0.25) is 0 Å². The Morgan fingerprint density at radius 1 is 1.25 bits per heavy atom. The van der Waals surface area contributed by atoms with Crippen molar-refractivity contribution < 1.29 is 8.42 Å². The molecule has 0 saturated heterocycles. The van der Waals surface area contributed by atoms with Crippen LogP contribution in [0.15, 0.2) is 44.3 Å². The Labute approximate surface area is 138 Å². The summed E-state index contributed by atoms with van der Waals surface area (Å²) in [4.78, 5) is 4.05. The quantitative estimate of drug-likeness (QED) is 0.721. The maximum atomic E-state index is 12.3. The summed E-state index contributed by atoms with van der Waals surface area (Å²) in [6.45, 7) is 1.75. The Morgan fingerprint density at radius 3 is 2.60 bits per heavy atom. The molecular formula is C12H9Br2ClN2O2S. The molecule has 2 aromatic rings. The van der Waals surface area contributed by atoms with Crippen molar-refractivity contribution in [2.24, 2.45) is 0 Å². The normalized spacial score (nSPS) is 11.4. The van der Waals surface area contributed by atoms with Crippen LogP contribution in [0.2, 0.25) is 5.15 Å². The van der Waals surface area contributed by atoms with Crippen LogP contribution in [0, 0.1) is 6.92 Å². The number of aryl methyl sites for hydroxylation is 1. The summed E-state index contributed by atoms with van der Waals surface area (Å²) in [7, 11) is -3.71. The maximum Gasteiger partial charge on any atom is 0.263 e. The van der Waals surface area contributed by atoms with E-state index in [9.17, 15) is 8.42 Å². The van der Waals surface area contributed by atoms with Gasteiger partial charge >= 0.3 is 0 Å². The zero-order chi connectivity index (χ0) is 14.9. The minimum Gasteiger partial charge on any atom is -0.278 e. The molecular weight excluding hydrogens is 431 g/mol. The number of nitrogens with zero attached hydrogens (tertiary/aromatic N) is 1. The number of sulfonamides is 1. The lowest BCUT2D eigenvalue weighted by Crippen LogP contribution is -2.14. The van der Waals surface area contributed by atoms with E-state index in [4.69, 9.17) is 11.6 Å². The molecule has 1 aromatic carbocycles. The van der Waals surface area contributed by atoms with Crippen LogP contribution in [0.1, 0.15) is 5.56 Å². The summed E-state index contributed by atoms with van der Waals surface area (Å²) in [5.74, 6) is 0. The first-order valence-electron chi connectivity index (χ1n) is 5.39. The van der Waals surface area contributed by atoms with E-state index >= 15 is 0 Å². The maximum absolute atomic E-state index is 12.3. The molecule has 1 heterocycles. The van der Waals surface area contributed by atoms with E-state index in [-0.39, 0.29) is 4.90 Å². The minimum absolute atomic E-state index is 0.138. The number of pyridine rings is 1. The highest BCUT2D eigenvalue weighted by Gasteiger charge is 2.18. The van der Waals surface area contributed by atoms with E-state index in [1.54, 1.807) is 25.1 Å². The van der Waals surface area contributed by atoms with Gasteiger partial charge in [-0.25, -0.2) is 13.4 Å². The number of nitrogens with one attached hydrogen (secondary N) is 1. The van der Waals surface area contributed by atoms with Gasteiger partial charge in [0.25, 0.3) is 10.0 Å². The number of hydrogen-bond acceptors (Lipinski definition) is 3. The second kappa shape index (κ2) is 6.01. The van der Waals surface area contributed by atoms with Crippen LogP contribution in [-0.4, -0.2) is 13.4 Å². The molecule has 0 bridgehead atoms. The fourth-order valence-electron chi connectivity index (χ4n) is 1.51. The first-order chi connectivity index (χ1) is 9.29. The van der Waals surface area contributed by atoms with Gasteiger partial charge < -0.3 is 0 Å². The van der Waals surface area contributed by atoms with E-state index in [0.29, 0.717) is 25.3 Å². The van der Waals surface area contributed by atoms with Gasteiger partial charge in [-0.2, -0.15) is 0 Å². The lowest BCUT2D eigenvalue weighted by molar-refractivity contribution is 0.600. The average Bonchev–Trinajstić information content (AvgIpc) is 2.36. The van der Waals surface area contributed by atoms with Crippen molar-refractivity contribution in [1.82, 2.24) is 4.98 Å². The van der Waals surface area contributed by atoms with Crippen molar-refractivity contribution in [1.29, 1.82) is 0 Å². The molecule has 0 fully saturated rings. The average molecular weight is 441 g/mol. The lowest BCUT2D eigenvalue weighted by atomic mass is 10.3. The summed E-state index contributed by atoms with van der Waals surface area (Å²) < 4.78 is 28.3. The van der Waals surface area contributed by atoms with E-state index in [0.717, 1.165) is 0 Å². The number of hydrogen-bond donors (Lipinski definition) is 1. The first-order valence-corrected chi connectivity index (χ1v) is 8.84. The van der Waals surface area contributed by atoms with Crippen LogP contribution in [-0.2, 0) is 10.0 Å². The van der Waals surface area contributed by atoms with Gasteiger partial charge in [0, 0.05) is 8.95 Å². The van der Waals surface area contributed by atoms with Crippen molar-refractivity contribution in [2.45, 2.75) is 11.8 Å². The van der Waals surface area contributed by atoms with Gasteiger partial charge in [-0.1, -0.05) is 27.5 Å². The molecule has 0 aliphatic carbocycles. The third-order valence-electron chi connectivity index (χ3n) is 2.45. The highest BCUT2D eigenvalue weighted by atomic mass is 79.9. The molecule has 1 N–H and O–H groups in total. The molecule has 2 rings (SSSR count). The molecule has 0 unspecified atom stereocenters. The van der Waals surface area contributed by atoms with E-state index in [1.807, 2.05) is 0 Å². The van der Waals surface area contributed by atoms with Gasteiger partial charge in [0.05, 0.1) is 11.9 Å². The highest BCUT2D eigenvalue weighted by molar-refractivity contribution is 9.11. The Hall–Kier alpha value is -0.630. The summed E-state index contributed by atoms with van der Waals surface area (Å²) in [5.41, 5.74) is 1.05. The zero-order valence-electron chi connectivity index (χ0n) is 10.2. The van der Waals surface area contributed by atoms with Crippen LogP contribution >= 0.6 is 43.5 Å². The number of halogens is 3. The van der Waals surface area contributed by atoms with Gasteiger partial charge in [-0.3, -0.25) is 4.72 Å². The fourth-order valence-corrected chi connectivity index (χ4v) is 4.15. The molecule has 0 aliphatic heterocycles. The van der Waals surface area contributed by atoms with Gasteiger partial charge in [0.1, 0.15) is 10.0 Å². The third kappa shape index (κ3) is 3.52. The molecule has 0 radical (unpaired) electrons. The lowest BCUT2D eigenvalue weighted by Gasteiger charge is -2.10. The highest BCUT2D eigenvalue weighted by Crippen LogP contribution is 2.27. The van der Waals surface area contributed by atoms with Gasteiger partial charge in [-0.15, -0.1) is 0 Å². The number of benzene rings is 1. The van der Waals surface area contributed by atoms with Crippen LogP contribution in [0.25, 0.3) is 0 Å². The Kier molecular flexibility index (Phi) is 4.73. The predicted molar refractivity (Wildman–Crippen MR) is 86.6 cm³/mol. The van der Waals surface area contributed by atoms with Crippen molar-refractivity contribution in [3.8, 4) is 0 Å². The largest absolute Gasteiger partial charge is 0.278 e. The SMILES string of the molecule is Cc1cc(NS(=O)(=O)c2cc(Br)ccc2Br)cnc1Cl. The van der Waals surface area contributed by atoms with Gasteiger partial charge in [-0.05, 0) is 52.7 Å². The van der Waals surface area contributed by atoms with Crippen molar-refractivity contribution in [2.75, 3.05) is 4.72 Å². The van der Waals surface area contributed by atoms with Crippen LogP contribution in [0.5, 0.6) is 0 Å². The van der Waals surface area contributed by atoms with Crippen molar-refractivity contribution in [3.63, 3.8) is 0 Å². The topological polar surface area (TPSA) is 59.1 Å². The molecule has 20 heavy (non-hydrogen) atoms. The molecule has 0 aliphatic rings. The summed E-state index contributed by atoms with van der Waals surface area (Å²) in [5, 5.41) is 0.344. The van der Waals surface area contributed by atoms with E-state index in [2.05, 4.69) is 41.6 Å². The summed E-state index contributed by atoms with van der Waals surface area (Å²) in [6, 6.07) is 6.54. The van der Waals surface area contributed by atoms with Crippen molar-refractivity contribution >= 4 is 59.2 Å². The molecule has 0 saturated carbocycles. The molecule has 8 heteroatoms. The molecule has 106 valence electrons. The zero-order valence-corrected chi connectivity index (χ0v) is 14.9. The Bertz CT molecular complexity index is 766. The van der Waals surface area contributed by atoms with Crippen LogP contribution < -0.4 is 4.72 Å². The summed E-state index contributed by atoms with van der Waals surface area (Å²) >= 11 is 12.3. The Morgan fingerprint density at radius 2 is 1.95 bits per heavy atom.